The lowest BCUT2D eigenvalue weighted by Crippen LogP contribution is -2.34. The number of hydrogen-bond donors (Lipinski definition) is 2. The molecule has 3 aromatic rings. The zero-order chi connectivity index (χ0) is 16.8. The van der Waals surface area contributed by atoms with Crippen molar-refractivity contribution in [1.29, 1.82) is 0 Å². The third-order valence-electron chi connectivity index (χ3n) is 3.23. The lowest BCUT2D eigenvalue weighted by Gasteiger charge is -2.06. The Morgan fingerprint density at radius 2 is 1.79 bits per heavy atom. The summed E-state index contributed by atoms with van der Waals surface area (Å²) in [5.74, 6) is 0.762. The van der Waals surface area contributed by atoms with Crippen LogP contribution in [0.5, 0.6) is 0 Å². The van der Waals surface area contributed by atoms with Gasteiger partial charge in [0.1, 0.15) is 0 Å². The molecule has 0 bridgehead atoms. The molecular weight excluding hydrogens is 328 g/mol. The molecule has 6 nitrogen and oxygen atoms in total. The van der Waals surface area contributed by atoms with Crippen molar-refractivity contribution < 1.29 is 9.21 Å². The van der Waals surface area contributed by atoms with Gasteiger partial charge in [-0.15, -0.1) is 10.2 Å². The van der Waals surface area contributed by atoms with Crippen molar-refractivity contribution in [2.24, 2.45) is 0 Å². The fourth-order valence-electron chi connectivity index (χ4n) is 2.07. The molecule has 0 spiro atoms. The van der Waals surface area contributed by atoms with Gasteiger partial charge in [-0.25, -0.2) is 4.79 Å². The summed E-state index contributed by atoms with van der Waals surface area (Å²) >= 11 is 5.90. The molecule has 2 amide bonds. The maximum Gasteiger partial charge on any atom is 0.315 e. The molecule has 0 unspecified atom stereocenters. The van der Waals surface area contributed by atoms with Gasteiger partial charge in [0.2, 0.25) is 11.8 Å². The van der Waals surface area contributed by atoms with Crippen LogP contribution < -0.4 is 10.6 Å². The average Bonchev–Trinajstić information content (AvgIpc) is 3.08. The molecule has 1 heterocycles. The van der Waals surface area contributed by atoms with Gasteiger partial charge in [0.15, 0.2) is 0 Å². The molecule has 0 saturated heterocycles. The third kappa shape index (κ3) is 4.33. The van der Waals surface area contributed by atoms with E-state index in [0.717, 1.165) is 11.1 Å². The summed E-state index contributed by atoms with van der Waals surface area (Å²) in [7, 11) is 0. The highest BCUT2D eigenvalue weighted by Crippen LogP contribution is 2.16. The summed E-state index contributed by atoms with van der Waals surface area (Å²) in [6.07, 6.45) is 0. The number of carbonyl (C=O) groups is 1. The second kappa shape index (κ2) is 7.61. The Kier molecular flexibility index (Phi) is 5.08. The van der Waals surface area contributed by atoms with E-state index in [1.54, 1.807) is 12.1 Å². The summed E-state index contributed by atoms with van der Waals surface area (Å²) in [6.45, 7) is 0.534. The van der Waals surface area contributed by atoms with Crippen LogP contribution in [0.1, 0.15) is 11.5 Å². The maximum absolute atomic E-state index is 11.8. The first kappa shape index (κ1) is 16.0. The lowest BCUT2D eigenvalue weighted by atomic mass is 10.2. The van der Waals surface area contributed by atoms with E-state index >= 15 is 0 Å². The van der Waals surface area contributed by atoms with E-state index in [4.69, 9.17) is 16.0 Å². The molecule has 0 fully saturated rings. The molecule has 1 aromatic heterocycles. The van der Waals surface area contributed by atoms with Crippen LogP contribution in [0.2, 0.25) is 5.02 Å². The first-order valence-electron chi connectivity index (χ1n) is 7.34. The molecule has 0 radical (unpaired) electrons. The van der Waals surface area contributed by atoms with E-state index in [0.29, 0.717) is 23.3 Å². The highest BCUT2D eigenvalue weighted by atomic mass is 35.5. The summed E-state index contributed by atoms with van der Waals surface area (Å²) in [4.78, 5) is 11.8. The molecule has 0 saturated carbocycles. The van der Waals surface area contributed by atoms with Crippen molar-refractivity contribution in [1.82, 2.24) is 20.8 Å². The summed E-state index contributed by atoms with van der Waals surface area (Å²) in [5.41, 5.74) is 1.75. The second-order valence-corrected chi connectivity index (χ2v) is 5.47. The molecule has 24 heavy (non-hydrogen) atoms. The van der Waals surface area contributed by atoms with E-state index < -0.39 is 0 Å². The first-order valence-corrected chi connectivity index (χ1v) is 7.72. The Labute approximate surface area is 143 Å². The second-order valence-electron chi connectivity index (χ2n) is 5.03. The molecule has 0 atom stereocenters. The van der Waals surface area contributed by atoms with E-state index in [9.17, 15) is 4.79 Å². The van der Waals surface area contributed by atoms with Crippen molar-refractivity contribution in [2.45, 2.75) is 13.1 Å². The Bertz CT molecular complexity index is 820. The number of carbonyl (C=O) groups excluding carboxylic acids is 1. The Balaban J connectivity index is 1.49. The van der Waals surface area contributed by atoms with Crippen molar-refractivity contribution in [2.75, 3.05) is 0 Å². The van der Waals surface area contributed by atoms with Gasteiger partial charge >= 0.3 is 6.03 Å². The molecule has 2 aromatic carbocycles. The normalized spacial score (nSPS) is 10.4. The first-order chi connectivity index (χ1) is 11.7. The minimum Gasteiger partial charge on any atom is -0.419 e. The lowest BCUT2D eigenvalue weighted by molar-refractivity contribution is 0.239. The zero-order valence-corrected chi connectivity index (χ0v) is 13.5. The fraction of sp³-hybridized carbons (Fsp3) is 0.118. The predicted molar refractivity (Wildman–Crippen MR) is 90.3 cm³/mol. The quantitative estimate of drug-likeness (QED) is 0.744. The molecule has 7 heteroatoms. The van der Waals surface area contributed by atoms with Crippen LogP contribution in [-0.2, 0) is 13.1 Å². The number of nitrogens with one attached hydrogen (secondary N) is 2. The van der Waals surface area contributed by atoms with Gasteiger partial charge in [0, 0.05) is 17.1 Å². The minimum atomic E-state index is -0.325. The van der Waals surface area contributed by atoms with Gasteiger partial charge in [-0.1, -0.05) is 41.9 Å². The SMILES string of the molecule is O=C(NCc1cccc(Cl)c1)NCc1nnc(-c2ccccc2)o1. The molecule has 0 aliphatic heterocycles. The van der Waals surface area contributed by atoms with Crippen LogP contribution >= 0.6 is 11.6 Å². The van der Waals surface area contributed by atoms with Crippen LogP contribution in [0.25, 0.3) is 11.5 Å². The summed E-state index contributed by atoms with van der Waals surface area (Å²) in [6, 6.07) is 16.4. The molecule has 0 aliphatic rings. The Morgan fingerprint density at radius 1 is 1.00 bits per heavy atom. The zero-order valence-electron chi connectivity index (χ0n) is 12.7. The number of aromatic nitrogens is 2. The van der Waals surface area contributed by atoms with E-state index in [-0.39, 0.29) is 12.6 Å². The Hall–Kier alpha value is -2.86. The van der Waals surface area contributed by atoms with E-state index in [1.807, 2.05) is 42.5 Å². The summed E-state index contributed by atoms with van der Waals surface area (Å²) < 4.78 is 5.52. The van der Waals surface area contributed by atoms with Crippen molar-refractivity contribution in [3.63, 3.8) is 0 Å². The molecule has 3 rings (SSSR count). The van der Waals surface area contributed by atoms with Crippen LogP contribution in [0.15, 0.2) is 59.0 Å². The highest BCUT2D eigenvalue weighted by Gasteiger charge is 2.09. The molecule has 0 aliphatic carbocycles. The number of halogens is 1. The molecule has 122 valence electrons. The third-order valence-corrected chi connectivity index (χ3v) is 3.46. The van der Waals surface area contributed by atoms with Crippen molar-refractivity contribution in [3.8, 4) is 11.5 Å². The number of rotatable bonds is 5. The van der Waals surface area contributed by atoms with E-state index in [1.165, 1.54) is 0 Å². The van der Waals surface area contributed by atoms with Gasteiger partial charge < -0.3 is 15.1 Å². The van der Waals surface area contributed by atoms with Crippen LogP contribution in [0.3, 0.4) is 0 Å². The number of urea groups is 1. The predicted octanol–water partition coefficient (Wildman–Crippen LogP) is 3.39. The average molecular weight is 343 g/mol. The van der Waals surface area contributed by atoms with Gasteiger partial charge in [-0.05, 0) is 29.8 Å². The topological polar surface area (TPSA) is 80.0 Å². The fourth-order valence-corrected chi connectivity index (χ4v) is 2.28. The largest absolute Gasteiger partial charge is 0.419 e. The van der Waals surface area contributed by atoms with Crippen molar-refractivity contribution in [3.05, 3.63) is 71.1 Å². The van der Waals surface area contributed by atoms with E-state index in [2.05, 4.69) is 20.8 Å². The van der Waals surface area contributed by atoms with Crippen molar-refractivity contribution >= 4 is 17.6 Å². The number of benzene rings is 2. The monoisotopic (exact) mass is 342 g/mol. The standard InChI is InChI=1S/C17H15ClN4O2/c18-14-8-4-5-12(9-14)10-19-17(23)20-11-15-21-22-16(24-15)13-6-2-1-3-7-13/h1-9H,10-11H2,(H2,19,20,23). The van der Waals surface area contributed by atoms with Crippen LogP contribution in [0, 0.1) is 0 Å². The van der Waals surface area contributed by atoms with Gasteiger partial charge in [0.25, 0.3) is 0 Å². The highest BCUT2D eigenvalue weighted by molar-refractivity contribution is 6.30. The number of hydrogen-bond acceptors (Lipinski definition) is 4. The smallest absolute Gasteiger partial charge is 0.315 e. The number of nitrogens with zero attached hydrogens (tertiary/aromatic N) is 2. The van der Waals surface area contributed by atoms with Gasteiger partial charge in [-0.2, -0.15) is 0 Å². The Morgan fingerprint density at radius 3 is 2.58 bits per heavy atom. The van der Waals surface area contributed by atoms with Crippen LogP contribution in [0.4, 0.5) is 4.79 Å². The summed E-state index contributed by atoms with van der Waals surface area (Å²) in [5, 5.41) is 13.9. The van der Waals surface area contributed by atoms with Crippen LogP contribution in [-0.4, -0.2) is 16.2 Å². The molecule has 2 N–H and O–H groups in total. The van der Waals surface area contributed by atoms with Gasteiger partial charge in [-0.3, -0.25) is 0 Å². The number of amides is 2. The molecular formula is C17H15ClN4O2. The maximum atomic E-state index is 11.8. The minimum absolute atomic E-state index is 0.154. The van der Waals surface area contributed by atoms with Gasteiger partial charge in [0.05, 0.1) is 6.54 Å².